The van der Waals surface area contributed by atoms with Crippen molar-refractivity contribution in [3.63, 3.8) is 0 Å². The van der Waals surface area contributed by atoms with E-state index in [9.17, 15) is 14.4 Å². The first kappa shape index (κ1) is 13.1. The summed E-state index contributed by atoms with van der Waals surface area (Å²) in [7, 11) is 1.67. The lowest BCUT2D eigenvalue weighted by Crippen LogP contribution is -2.51. The molecule has 0 aromatic carbocycles. The van der Waals surface area contributed by atoms with Crippen LogP contribution in [-0.4, -0.2) is 47.2 Å². The van der Waals surface area contributed by atoms with Crippen LogP contribution in [0.2, 0.25) is 0 Å². The van der Waals surface area contributed by atoms with Crippen molar-refractivity contribution in [1.82, 2.24) is 9.80 Å². The maximum absolute atomic E-state index is 12.4. The first-order valence-corrected chi connectivity index (χ1v) is 6.57. The van der Waals surface area contributed by atoms with E-state index in [2.05, 4.69) is 0 Å². The lowest BCUT2D eigenvalue weighted by molar-refractivity contribution is -0.136. The number of hydrogen-bond donors (Lipinski definition) is 0. The number of carbonyl (C=O) groups excluding carboxylic acids is 3. The second kappa shape index (κ2) is 4.71. The fourth-order valence-corrected chi connectivity index (χ4v) is 3.23. The molecule has 0 aromatic heterocycles. The van der Waals surface area contributed by atoms with Gasteiger partial charge in [0.15, 0.2) is 0 Å². The molecular weight excluding hydrogens is 232 g/mol. The van der Waals surface area contributed by atoms with Gasteiger partial charge >= 0.3 is 6.03 Å². The van der Waals surface area contributed by atoms with Crippen molar-refractivity contribution in [2.24, 2.45) is 5.92 Å². The highest BCUT2D eigenvalue weighted by atomic mass is 16.2. The molecule has 2 fully saturated rings. The van der Waals surface area contributed by atoms with Gasteiger partial charge in [0, 0.05) is 7.05 Å². The largest absolute Gasteiger partial charge is 0.327 e. The van der Waals surface area contributed by atoms with Crippen LogP contribution < -0.4 is 0 Å². The molecule has 18 heavy (non-hydrogen) atoms. The van der Waals surface area contributed by atoms with Crippen LogP contribution in [0.4, 0.5) is 4.79 Å². The van der Waals surface area contributed by atoms with Crippen molar-refractivity contribution in [2.45, 2.75) is 44.6 Å². The molecule has 3 amide bonds. The Hall–Kier alpha value is -1.39. The normalized spacial score (nSPS) is 30.1. The predicted octanol–water partition coefficient (Wildman–Crippen LogP) is 1.42. The van der Waals surface area contributed by atoms with Gasteiger partial charge in [-0.3, -0.25) is 9.69 Å². The maximum atomic E-state index is 12.4. The SMILES string of the molecule is CN1C(=O)N(CC=O)C(=O)C1(C)C1CCCCC1. The Morgan fingerprint density at radius 2 is 1.89 bits per heavy atom. The Bertz CT molecular complexity index is 376. The molecule has 1 aliphatic carbocycles. The number of rotatable bonds is 3. The molecule has 2 aliphatic rings. The molecule has 1 atom stereocenters. The minimum Gasteiger partial charge on any atom is -0.313 e. The minimum atomic E-state index is -0.763. The summed E-state index contributed by atoms with van der Waals surface area (Å²) in [5, 5.41) is 0. The van der Waals surface area contributed by atoms with Crippen molar-refractivity contribution < 1.29 is 14.4 Å². The van der Waals surface area contributed by atoms with Gasteiger partial charge in [-0.25, -0.2) is 4.79 Å². The second-order valence-electron chi connectivity index (χ2n) is 5.41. The van der Waals surface area contributed by atoms with Gasteiger partial charge in [-0.2, -0.15) is 0 Å². The molecule has 5 nitrogen and oxygen atoms in total. The van der Waals surface area contributed by atoms with Gasteiger partial charge in [0.1, 0.15) is 11.8 Å². The van der Waals surface area contributed by atoms with Crippen molar-refractivity contribution in [3.8, 4) is 0 Å². The fourth-order valence-electron chi connectivity index (χ4n) is 3.23. The third-order valence-corrected chi connectivity index (χ3v) is 4.55. The molecule has 0 N–H and O–H groups in total. The van der Waals surface area contributed by atoms with Gasteiger partial charge < -0.3 is 9.69 Å². The Balaban J connectivity index is 2.28. The lowest BCUT2D eigenvalue weighted by atomic mass is 9.75. The van der Waals surface area contributed by atoms with Crippen molar-refractivity contribution >= 4 is 18.2 Å². The maximum Gasteiger partial charge on any atom is 0.327 e. The van der Waals surface area contributed by atoms with Crippen LogP contribution in [0.15, 0.2) is 0 Å². The molecule has 0 radical (unpaired) electrons. The summed E-state index contributed by atoms with van der Waals surface area (Å²) < 4.78 is 0. The zero-order valence-electron chi connectivity index (χ0n) is 11.0. The number of imide groups is 1. The Labute approximate surface area is 107 Å². The number of aldehydes is 1. The molecule has 1 saturated carbocycles. The highest BCUT2D eigenvalue weighted by Gasteiger charge is 2.56. The van der Waals surface area contributed by atoms with Gasteiger partial charge in [0.05, 0.1) is 6.54 Å². The smallest absolute Gasteiger partial charge is 0.313 e. The van der Waals surface area contributed by atoms with Gasteiger partial charge in [-0.1, -0.05) is 19.3 Å². The quantitative estimate of drug-likeness (QED) is 0.564. The molecule has 2 rings (SSSR count). The average Bonchev–Trinajstić information content (AvgIpc) is 2.56. The number of carbonyl (C=O) groups is 3. The third kappa shape index (κ3) is 1.72. The van der Waals surface area contributed by atoms with Crippen LogP contribution in [0.1, 0.15) is 39.0 Å². The number of amides is 3. The van der Waals surface area contributed by atoms with Crippen LogP contribution in [0.3, 0.4) is 0 Å². The van der Waals surface area contributed by atoms with Crippen LogP contribution in [0.5, 0.6) is 0 Å². The molecule has 1 saturated heterocycles. The molecule has 1 unspecified atom stereocenters. The Morgan fingerprint density at radius 3 is 2.44 bits per heavy atom. The predicted molar refractivity (Wildman–Crippen MR) is 65.9 cm³/mol. The van der Waals surface area contributed by atoms with E-state index in [1.165, 1.54) is 11.3 Å². The van der Waals surface area contributed by atoms with E-state index in [1.54, 1.807) is 7.05 Å². The molecule has 1 heterocycles. The van der Waals surface area contributed by atoms with E-state index in [0.29, 0.717) is 6.29 Å². The van der Waals surface area contributed by atoms with E-state index in [4.69, 9.17) is 0 Å². The third-order valence-electron chi connectivity index (χ3n) is 4.55. The topological polar surface area (TPSA) is 57.7 Å². The van der Waals surface area contributed by atoms with Crippen LogP contribution in [-0.2, 0) is 9.59 Å². The lowest BCUT2D eigenvalue weighted by Gasteiger charge is -2.38. The number of urea groups is 1. The van der Waals surface area contributed by atoms with E-state index >= 15 is 0 Å². The van der Waals surface area contributed by atoms with E-state index < -0.39 is 5.54 Å². The van der Waals surface area contributed by atoms with E-state index in [-0.39, 0.29) is 24.4 Å². The number of nitrogens with zero attached hydrogens (tertiary/aromatic N) is 2. The highest BCUT2D eigenvalue weighted by molar-refractivity contribution is 6.07. The molecular formula is C13H20N2O3. The summed E-state index contributed by atoms with van der Waals surface area (Å²) in [5.41, 5.74) is -0.763. The fraction of sp³-hybridized carbons (Fsp3) is 0.769. The monoisotopic (exact) mass is 252 g/mol. The van der Waals surface area contributed by atoms with Gasteiger partial charge in [-0.05, 0) is 25.7 Å². The first-order valence-electron chi connectivity index (χ1n) is 6.57. The molecule has 5 heteroatoms. The summed E-state index contributed by atoms with van der Waals surface area (Å²) >= 11 is 0. The minimum absolute atomic E-state index is 0.135. The molecule has 1 aliphatic heterocycles. The second-order valence-corrected chi connectivity index (χ2v) is 5.41. The standard InChI is InChI=1S/C13H20N2O3/c1-13(10-6-4-3-5-7-10)11(17)15(8-9-16)12(18)14(13)2/h9-10H,3-8H2,1-2H3. The summed E-state index contributed by atoms with van der Waals surface area (Å²) in [6.45, 7) is 1.71. The van der Waals surface area contributed by atoms with E-state index in [0.717, 1.165) is 30.6 Å². The zero-order valence-corrected chi connectivity index (χ0v) is 11.0. The molecule has 0 spiro atoms. The molecule has 0 bridgehead atoms. The van der Waals surface area contributed by atoms with Gasteiger partial charge in [-0.15, -0.1) is 0 Å². The highest BCUT2D eigenvalue weighted by Crippen LogP contribution is 2.40. The molecule has 100 valence electrons. The first-order chi connectivity index (χ1) is 8.53. The van der Waals surface area contributed by atoms with Crippen LogP contribution >= 0.6 is 0 Å². The summed E-state index contributed by atoms with van der Waals surface area (Å²) in [4.78, 5) is 37.7. The average molecular weight is 252 g/mol. The zero-order chi connectivity index (χ0) is 13.3. The summed E-state index contributed by atoms with van der Waals surface area (Å²) in [6.07, 6.45) is 6.00. The Kier molecular flexibility index (Phi) is 3.41. The van der Waals surface area contributed by atoms with Crippen molar-refractivity contribution in [1.29, 1.82) is 0 Å². The van der Waals surface area contributed by atoms with Crippen LogP contribution in [0, 0.1) is 5.92 Å². The van der Waals surface area contributed by atoms with Crippen LogP contribution in [0.25, 0.3) is 0 Å². The molecule has 0 aromatic rings. The van der Waals surface area contributed by atoms with Crippen molar-refractivity contribution in [3.05, 3.63) is 0 Å². The van der Waals surface area contributed by atoms with Crippen molar-refractivity contribution in [2.75, 3.05) is 13.6 Å². The Morgan fingerprint density at radius 1 is 1.28 bits per heavy atom. The van der Waals surface area contributed by atoms with Gasteiger partial charge in [0.2, 0.25) is 0 Å². The van der Waals surface area contributed by atoms with Gasteiger partial charge in [0.25, 0.3) is 5.91 Å². The summed E-state index contributed by atoms with van der Waals surface area (Å²) in [6, 6.07) is -0.347. The summed E-state index contributed by atoms with van der Waals surface area (Å²) in [5.74, 6) is -0.00153. The van der Waals surface area contributed by atoms with E-state index in [1.807, 2.05) is 6.92 Å². The number of likely N-dealkylation sites (N-methyl/N-ethyl adjacent to an activating group) is 1. The number of hydrogen-bond acceptors (Lipinski definition) is 3.